The van der Waals surface area contributed by atoms with Crippen LogP contribution in [0.25, 0.3) is 0 Å². The Morgan fingerprint density at radius 1 is 1.56 bits per heavy atom. The number of hydrogen-bond acceptors (Lipinski definition) is 1. The summed E-state index contributed by atoms with van der Waals surface area (Å²) in [4.78, 5) is 0. The third-order valence-corrected chi connectivity index (χ3v) is 1.77. The highest BCUT2D eigenvalue weighted by atomic mass is 16.3. The predicted molar refractivity (Wildman–Crippen MR) is 35.1 cm³/mol. The van der Waals surface area contributed by atoms with E-state index < -0.39 is 0 Å². The van der Waals surface area contributed by atoms with Crippen molar-refractivity contribution in [2.24, 2.45) is 5.92 Å². The molecule has 1 aromatic heterocycles. The summed E-state index contributed by atoms with van der Waals surface area (Å²) >= 11 is 0. The second kappa shape index (κ2) is 1.90. The normalized spacial score (nSPS) is 18.2. The van der Waals surface area contributed by atoms with Crippen LogP contribution in [0, 0.1) is 5.92 Å². The van der Waals surface area contributed by atoms with Crippen LogP contribution >= 0.6 is 0 Å². The van der Waals surface area contributed by atoms with Gasteiger partial charge in [-0.15, -0.1) is 0 Å². The molecule has 0 atom stereocenters. The average Bonchev–Trinajstić information content (AvgIpc) is 2.46. The lowest BCUT2D eigenvalue weighted by molar-refractivity contribution is 0.497. The standard InChI is InChI=1S/C8H10O/c1-2-8(9-5-1)6-7-3-4-7/h1-2,5,7H,3-4,6H2. The molecule has 0 spiro atoms. The molecule has 0 saturated heterocycles. The minimum atomic E-state index is 0.941. The second-order valence-electron chi connectivity index (χ2n) is 2.73. The molecule has 0 bridgehead atoms. The van der Waals surface area contributed by atoms with Gasteiger partial charge in [0.15, 0.2) is 0 Å². The molecule has 1 heterocycles. The van der Waals surface area contributed by atoms with Gasteiger partial charge in [0.1, 0.15) is 5.76 Å². The molecule has 0 unspecified atom stereocenters. The molecule has 48 valence electrons. The van der Waals surface area contributed by atoms with Gasteiger partial charge in [0.05, 0.1) is 6.26 Å². The van der Waals surface area contributed by atoms with E-state index in [-0.39, 0.29) is 0 Å². The zero-order chi connectivity index (χ0) is 6.10. The average molecular weight is 122 g/mol. The molecule has 0 N–H and O–H groups in total. The van der Waals surface area contributed by atoms with Gasteiger partial charge >= 0.3 is 0 Å². The molecule has 1 nitrogen and oxygen atoms in total. The van der Waals surface area contributed by atoms with Crippen LogP contribution in [0.15, 0.2) is 22.8 Å². The number of hydrogen-bond donors (Lipinski definition) is 0. The van der Waals surface area contributed by atoms with Crippen molar-refractivity contribution in [2.75, 3.05) is 0 Å². The van der Waals surface area contributed by atoms with Gasteiger partial charge in [-0.05, 0) is 30.9 Å². The van der Waals surface area contributed by atoms with Crippen molar-refractivity contribution in [1.82, 2.24) is 0 Å². The lowest BCUT2D eigenvalue weighted by atomic mass is 10.2. The molecule has 1 saturated carbocycles. The summed E-state index contributed by atoms with van der Waals surface area (Å²) in [5.41, 5.74) is 0. The first-order valence-corrected chi connectivity index (χ1v) is 3.47. The Balaban J connectivity index is 1.99. The van der Waals surface area contributed by atoms with Crippen LogP contribution in [0.5, 0.6) is 0 Å². The van der Waals surface area contributed by atoms with Gasteiger partial charge in [0.2, 0.25) is 0 Å². The first-order chi connectivity index (χ1) is 4.45. The largest absolute Gasteiger partial charge is 0.469 e. The van der Waals surface area contributed by atoms with Gasteiger partial charge in [-0.1, -0.05) is 0 Å². The molecule has 0 aliphatic heterocycles. The van der Waals surface area contributed by atoms with Crippen molar-refractivity contribution in [2.45, 2.75) is 19.3 Å². The minimum Gasteiger partial charge on any atom is -0.469 e. The van der Waals surface area contributed by atoms with E-state index in [1.165, 1.54) is 12.8 Å². The topological polar surface area (TPSA) is 13.1 Å². The molecule has 0 aromatic carbocycles. The smallest absolute Gasteiger partial charge is 0.104 e. The van der Waals surface area contributed by atoms with E-state index in [2.05, 4.69) is 6.07 Å². The van der Waals surface area contributed by atoms with Crippen LogP contribution in [0.1, 0.15) is 18.6 Å². The molecule has 0 radical (unpaired) electrons. The van der Waals surface area contributed by atoms with Crippen molar-refractivity contribution in [1.29, 1.82) is 0 Å². The fourth-order valence-corrected chi connectivity index (χ4v) is 1.04. The lowest BCUT2D eigenvalue weighted by Gasteiger charge is -1.88. The van der Waals surface area contributed by atoms with Crippen LogP contribution in [0.2, 0.25) is 0 Å². The van der Waals surface area contributed by atoms with Crippen molar-refractivity contribution in [3.05, 3.63) is 24.2 Å². The fourth-order valence-electron chi connectivity index (χ4n) is 1.04. The molecule has 1 aliphatic rings. The van der Waals surface area contributed by atoms with E-state index in [0.29, 0.717) is 0 Å². The van der Waals surface area contributed by atoms with Crippen molar-refractivity contribution in [3.8, 4) is 0 Å². The highest BCUT2D eigenvalue weighted by molar-refractivity contribution is 5.01. The molecule has 1 fully saturated rings. The third-order valence-electron chi connectivity index (χ3n) is 1.77. The van der Waals surface area contributed by atoms with Crippen LogP contribution in [0.4, 0.5) is 0 Å². The van der Waals surface area contributed by atoms with Crippen LogP contribution in [0.3, 0.4) is 0 Å². The Morgan fingerprint density at radius 2 is 2.44 bits per heavy atom. The predicted octanol–water partition coefficient (Wildman–Crippen LogP) is 2.23. The zero-order valence-electron chi connectivity index (χ0n) is 5.34. The van der Waals surface area contributed by atoms with Crippen molar-refractivity contribution >= 4 is 0 Å². The van der Waals surface area contributed by atoms with Crippen LogP contribution in [-0.4, -0.2) is 0 Å². The quantitative estimate of drug-likeness (QED) is 0.586. The van der Waals surface area contributed by atoms with Crippen LogP contribution < -0.4 is 0 Å². The summed E-state index contributed by atoms with van der Waals surface area (Å²) < 4.78 is 5.18. The second-order valence-corrected chi connectivity index (χ2v) is 2.73. The molecular formula is C8H10O. The summed E-state index contributed by atoms with van der Waals surface area (Å²) in [6.45, 7) is 0. The molecule has 2 rings (SSSR count). The van der Waals surface area contributed by atoms with E-state index in [0.717, 1.165) is 18.1 Å². The Hall–Kier alpha value is -0.720. The summed E-state index contributed by atoms with van der Waals surface area (Å²) in [7, 11) is 0. The van der Waals surface area contributed by atoms with E-state index >= 15 is 0 Å². The summed E-state index contributed by atoms with van der Waals surface area (Å²) in [5, 5.41) is 0. The Bertz CT molecular complexity index is 172. The summed E-state index contributed by atoms with van der Waals surface area (Å²) in [6.07, 6.45) is 5.71. The van der Waals surface area contributed by atoms with Gasteiger partial charge in [0, 0.05) is 6.42 Å². The number of rotatable bonds is 2. The monoisotopic (exact) mass is 122 g/mol. The minimum absolute atomic E-state index is 0.941. The van der Waals surface area contributed by atoms with Crippen molar-refractivity contribution in [3.63, 3.8) is 0 Å². The number of furan rings is 1. The third kappa shape index (κ3) is 1.15. The molecule has 0 amide bonds. The van der Waals surface area contributed by atoms with Gasteiger partial charge in [-0.2, -0.15) is 0 Å². The maximum absolute atomic E-state index is 5.18. The Kier molecular flexibility index (Phi) is 1.08. The fraction of sp³-hybridized carbons (Fsp3) is 0.500. The summed E-state index contributed by atoms with van der Waals surface area (Å²) in [6, 6.07) is 4.01. The highest BCUT2D eigenvalue weighted by Gasteiger charge is 2.22. The Labute approximate surface area is 54.7 Å². The van der Waals surface area contributed by atoms with Gasteiger partial charge in [-0.25, -0.2) is 0 Å². The first-order valence-electron chi connectivity index (χ1n) is 3.47. The maximum atomic E-state index is 5.18. The Morgan fingerprint density at radius 3 is 3.00 bits per heavy atom. The maximum Gasteiger partial charge on any atom is 0.104 e. The van der Waals surface area contributed by atoms with Crippen LogP contribution in [-0.2, 0) is 6.42 Å². The van der Waals surface area contributed by atoms with E-state index in [4.69, 9.17) is 4.42 Å². The first kappa shape index (κ1) is 5.10. The van der Waals surface area contributed by atoms with Gasteiger partial charge in [-0.3, -0.25) is 0 Å². The van der Waals surface area contributed by atoms with E-state index in [1.54, 1.807) is 6.26 Å². The van der Waals surface area contributed by atoms with Gasteiger partial charge < -0.3 is 4.42 Å². The molecular weight excluding hydrogens is 112 g/mol. The highest BCUT2D eigenvalue weighted by Crippen LogP contribution is 2.32. The van der Waals surface area contributed by atoms with Gasteiger partial charge in [0.25, 0.3) is 0 Å². The van der Waals surface area contributed by atoms with E-state index in [9.17, 15) is 0 Å². The van der Waals surface area contributed by atoms with Crippen molar-refractivity contribution < 1.29 is 4.42 Å². The molecule has 1 aliphatic carbocycles. The molecule has 1 heteroatoms. The zero-order valence-corrected chi connectivity index (χ0v) is 5.34. The summed E-state index contributed by atoms with van der Waals surface area (Å²) in [5.74, 6) is 2.09. The molecule has 1 aromatic rings. The SMILES string of the molecule is c1coc(CC2CC2)c1. The lowest BCUT2D eigenvalue weighted by Crippen LogP contribution is -1.80. The van der Waals surface area contributed by atoms with E-state index in [1.807, 2.05) is 6.07 Å². The molecule has 9 heavy (non-hydrogen) atoms.